The fourth-order valence-electron chi connectivity index (χ4n) is 1.81. The maximum absolute atomic E-state index is 10.1. The third kappa shape index (κ3) is 3.63. The van der Waals surface area contributed by atoms with E-state index in [0.29, 0.717) is 12.2 Å². The van der Waals surface area contributed by atoms with Crippen LogP contribution in [-0.4, -0.2) is 18.8 Å². The first-order chi connectivity index (χ1) is 9.19. The van der Waals surface area contributed by atoms with Crippen molar-refractivity contribution in [2.45, 2.75) is 6.10 Å². The van der Waals surface area contributed by atoms with Gasteiger partial charge in [0.05, 0.1) is 13.2 Å². The van der Waals surface area contributed by atoms with Crippen LogP contribution in [0.15, 0.2) is 48.5 Å². The Morgan fingerprint density at radius 3 is 2.58 bits per heavy atom. The predicted molar refractivity (Wildman–Crippen MR) is 77.3 cm³/mol. The summed E-state index contributed by atoms with van der Waals surface area (Å²) in [6.45, 7) is 0.426. The molecule has 0 saturated carbocycles. The Morgan fingerprint density at radius 2 is 1.95 bits per heavy atom. The van der Waals surface area contributed by atoms with Crippen molar-refractivity contribution in [1.82, 2.24) is 0 Å². The Kier molecular flexibility index (Phi) is 4.26. The van der Waals surface area contributed by atoms with E-state index in [2.05, 4.69) is 5.32 Å². The second-order valence-corrected chi connectivity index (χ2v) is 4.30. The average Bonchev–Trinajstić information content (AvgIpc) is 2.45. The molecule has 0 amide bonds. The summed E-state index contributed by atoms with van der Waals surface area (Å²) in [5.74, 6) is 0.807. The fourth-order valence-corrected chi connectivity index (χ4v) is 1.81. The number of hydrogen-bond acceptors (Lipinski definition) is 4. The minimum atomic E-state index is -0.592. The molecule has 0 aromatic heterocycles. The lowest BCUT2D eigenvalue weighted by Gasteiger charge is -2.14. The van der Waals surface area contributed by atoms with Crippen LogP contribution in [0.1, 0.15) is 11.7 Å². The molecule has 0 aliphatic heterocycles. The van der Waals surface area contributed by atoms with Gasteiger partial charge in [0.15, 0.2) is 0 Å². The summed E-state index contributed by atoms with van der Waals surface area (Å²) >= 11 is 0. The smallest absolute Gasteiger partial charge is 0.119 e. The molecule has 0 aliphatic rings. The standard InChI is InChI=1S/C15H18N2O2/c1-19-14-7-5-13(6-8-14)17-10-15(18)11-3-2-4-12(16)9-11/h2-9,15,17-18H,10,16H2,1H3. The van der Waals surface area contributed by atoms with E-state index >= 15 is 0 Å². The number of nitrogens with one attached hydrogen (secondary N) is 1. The average molecular weight is 258 g/mol. The minimum absolute atomic E-state index is 0.426. The summed E-state index contributed by atoms with van der Waals surface area (Å²) < 4.78 is 5.09. The summed E-state index contributed by atoms with van der Waals surface area (Å²) in [6, 6.07) is 14.8. The highest BCUT2D eigenvalue weighted by Crippen LogP contribution is 2.18. The van der Waals surface area contributed by atoms with Crippen molar-refractivity contribution < 1.29 is 9.84 Å². The lowest BCUT2D eigenvalue weighted by atomic mass is 10.1. The normalized spacial score (nSPS) is 11.9. The van der Waals surface area contributed by atoms with Gasteiger partial charge in [0.1, 0.15) is 5.75 Å². The quantitative estimate of drug-likeness (QED) is 0.720. The van der Waals surface area contributed by atoms with Gasteiger partial charge in [-0.2, -0.15) is 0 Å². The molecule has 4 heteroatoms. The molecule has 0 heterocycles. The van der Waals surface area contributed by atoms with Gasteiger partial charge in [-0.3, -0.25) is 0 Å². The summed E-state index contributed by atoms with van der Waals surface area (Å²) in [7, 11) is 1.63. The first-order valence-corrected chi connectivity index (χ1v) is 6.10. The summed E-state index contributed by atoms with van der Waals surface area (Å²) in [6.07, 6.45) is -0.592. The van der Waals surface area contributed by atoms with E-state index in [1.807, 2.05) is 36.4 Å². The number of benzene rings is 2. The lowest BCUT2D eigenvalue weighted by Crippen LogP contribution is -2.12. The third-order valence-electron chi connectivity index (χ3n) is 2.89. The number of ether oxygens (including phenoxy) is 1. The van der Waals surface area contributed by atoms with Gasteiger partial charge in [-0.25, -0.2) is 0 Å². The first kappa shape index (κ1) is 13.2. The molecule has 2 rings (SSSR count). The van der Waals surface area contributed by atoms with E-state index in [0.717, 1.165) is 17.0 Å². The largest absolute Gasteiger partial charge is 0.497 e. The van der Waals surface area contributed by atoms with Crippen molar-refractivity contribution in [3.8, 4) is 5.75 Å². The number of hydrogen-bond donors (Lipinski definition) is 3. The molecule has 0 spiro atoms. The monoisotopic (exact) mass is 258 g/mol. The Labute approximate surface area is 112 Å². The van der Waals surface area contributed by atoms with Gasteiger partial charge < -0.3 is 20.9 Å². The fraction of sp³-hybridized carbons (Fsp3) is 0.200. The Hall–Kier alpha value is -2.20. The zero-order valence-corrected chi connectivity index (χ0v) is 10.8. The molecule has 4 nitrogen and oxygen atoms in total. The van der Waals surface area contributed by atoms with E-state index in [1.54, 1.807) is 19.2 Å². The lowest BCUT2D eigenvalue weighted by molar-refractivity contribution is 0.191. The van der Waals surface area contributed by atoms with E-state index in [-0.39, 0.29) is 0 Å². The molecule has 2 aromatic rings. The van der Waals surface area contributed by atoms with Gasteiger partial charge in [0.25, 0.3) is 0 Å². The molecule has 0 saturated heterocycles. The number of nitrogens with two attached hydrogens (primary N) is 1. The third-order valence-corrected chi connectivity index (χ3v) is 2.89. The van der Waals surface area contributed by atoms with Crippen LogP contribution in [0.2, 0.25) is 0 Å². The van der Waals surface area contributed by atoms with Crippen molar-refractivity contribution in [2.24, 2.45) is 0 Å². The number of aliphatic hydroxyl groups excluding tert-OH is 1. The van der Waals surface area contributed by atoms with Crippen LogP contribution in [-0.2, 0) is 0 Å². The molecule has 0 bridgehead atoms. The molecule has 1 atom stereocenters. The molecule has 0 fully saturated rings. The predicted octanol–water partition coefficient (Wildman–Crippen LogP) is 2.42. The maximum Gasteiger partial charge on any atom is 0.119 e. The number of aliphatic hydroxyl groups is 1. The van der Waals surface area contributed by atoms with Gasteiger partial charge in [-0.1, -0.05) is 12.1 Å². The van der Waals surface area contributed by atoms with Crippen LogP contribution in [0, 0.1) is 0 Å². The molecule has 1 unspecified atom stereocenters. The summed E-state index contributed by atoms with van der Waals surface area (Å²) in [5, 5.41) is 13.2. The molecule has 4 N–H and O–H groups in total. The molecule has 0 radical (unpaired) electrons. The number of anilines is 2. The number of rotatable bonds is 5. The van der Waals surface area contributed by atoms with Crippen LogP contribution in [0.5, 0.6) is 5.75 Å². The molecule has 2 aromatic carbocycles. The van der Waals surface area contributed by atoms with Crippen LogP contribution in [0.3, 0.4) is 0 Å². The van der Waals surface area contributed by atoms with Gasteiger partial charge in [0.2, 0.25) is 0 Å². The van der Waals surface area contributed by atoms with Crippen molar-refractivity contribution in [1.29, 1.82) is 0 Å². The zero-order chi connectivity index (χ0) is 13.7. The highest BCUT2D eigenvalue weighted by molar-refractivity contribution is 5.47. The Balaban J connectivity index is 1.94. The van der Waals surface area contributed by atoms with Crippen LogP contribution in [0.25, 0.3) is 0 Å². The van der Waals surface area contributed by atoms with E-state index < -0.39 is 6.10 Å². The van der Waals surface area contributed by atoms with Crippen LogP contribution >= 0.6 is 0 Å². The SMILES string of the molecule is COc1ccc(NCC(O)c2cccc(N)c2)cc1. The first-order valence-electron chi connectivity index (χ1n) is 6.10. The summed E-state index contributed by atoms with van der Waals surface area (Å²) in [5.41, 5.74) is 8.08. The van der Waals surface area contributed by atoms with E-state index in [4.69, 9.17) is 10.5 Å². The second kappa shape index (κ2) is 6.11. The topological polar surface area (TPSA) is 67.5 Å². The number of methoxy groups -OCH3 is 1. The van der Waals surface area contributed by atoms with Crippen LogP contribution in [0.4, 0.5) is 11.4 Å². The minimum Gasteiger partial charge on any atom is -0.497 e. The Morgan fingerprint density at radius 1 is 1.21 bits per heavy atom. The van der Waals surface area contributed by atoms with Gasteiger partial charge in [-0.15, -0.1) is 0 Å². The van der Waals surface area contributed by atoms with Crippen molar-refractivity contribution in [3.63, 3.8) is 0 Å². The van der Waals surface area contributed by atoms with Crippen molar-refractivity contribution in [3.05, 3.63) is 54.1 Å². The molecule has 100 valence electrons. The molecular formula is C15H18N2O2. The van der Waals surface area contributed by atoms with E-state index in [1.165, 1.54) is 0 Å². The van der Waals surface area contributed by atoms with Crippen molar-refractivity contribution in [2.75, 3.05) is 24.7 Å². The van der Waals surface area contributed by atoms with Gasteiger partial charge >= 0.3 is 0 Å². The maximum atomic E-state index is 10.1. The van der Waals surface area contributed by atoms with Gasteiger partial charge in [-0.05, 0) is 42.0 Å². The highest BCUT2D eigenvalue weighted by atomic mass is 16.5. The van der Waals surface area contributed by atoms with Gasteiger partial charge in [0, 0.05) is 17.9 Å². The van der Waals surface area contributed by atoms with E-state index in [9.17, 15) is 5.11 Å². The zero-order valence-electron chi connectivity index (χ0n) is 10.8. The highest BCUT2D eigenvalue weighted by Gasteiger charge is 2.07. The van der Waals surface area contributed by atoms with Crippen LogP contribution < -0.4 is 15.8 Å². The molecule has 19 heavy (non-hydrogen) atoms. The number of nitrogen functional groups attached to an aromatic ring is 1. The second-order valence-electron chi connectivity index (χ2n) is 4.30. The van der Waals surface area contributed by atoms with Crippen molar-refractivity contribution >= 4 is 11.4 Å². The molecule has 0 aliphatic carbocycles. The summed E-state index contributed by atoms with van der Waals surface area (Å²) in [4.78, 5) is 0. The molecular weight excluding hydrogens is 240 g/mol. The Bertz CT molecular complexity index is 526.